The first kappa shape index (κ1) is 14.9. The van der Waals surface area contributed by atoms with Gasteiger partial charge in [-0.25, -0.2) is 0 Å². The van der Waals surface area contributed by atoms with Gasteiger partial charge in [0.2, 0.25) is 5.91 Å². The average molecular weight is 330 g/mol. The molecule has 1 rings (SSSR count). The second-order valence-electron chi connectivity index (χ2n) is 4.24. The predicted octanol–water partition coefficient (Wildman–Crippen LogP) is 2.81. The highest BCUT2D eigenvalue weighted by molar-refractivity contribution is 9.10. The summed E-state index contributed by atoms with van der Waals surface area (Å²) in [6, 6.07) is 7.59. The van der Waals surface area contributed by atoms with Crippen molar-refractivity contribution in [1.82, 2.24) is 10.9 Å². The van der Waals surface area contributed by atoms with Crippen molar-refractivity contribution in [3.8, 4) is 0 Å². The van der Waals surface area contributed by atoms with Crippen LogP contribution in [-0.4, -0.2) is 11.0 Å². The quantitative estimate of drug-likeness (QED) is 0.589. The van der Waals surface area contributed by atoms with Crippen LogP contribution in [0.3, 0.4) is 0 Å². The Balaban J connectivity index is 2.36. The van der Waals surface area contributed by atoms with Gasteiger partial charge in [-0.05, 0) is 36.3 Å². The molecule has 6 heteroatoms. The number of hydrazine groups is 1. The Labute approximate surface area is 121 Å². The maximum absolute atomic E-state index is 11.4. The van der Waals surface area contributed by atoms with Crippen LogP contribution in [-0.2, 0) is 4.79 Å². The van der Waals surface area contributed by atoms with Gasteiger partial charge in [0.1, 0.15) is 0 Å². The maximum atomic E-state index is 11.4. The molecular formula is C12H16BrN3OS. The lowest BCUT2D eigenvalue weighted by Crippen LogP contribution is -2.44. The van der Waals surface area contributed by atoms with Gasteiger partial charge in [-0.3, -0.25) is 15.6 Å². The Bertz CT molecular complexity index is 437. The highest BCUT2D eigenvalue weighted by Crippen LogP contribution is 2.15. The van der Waals surface area contributed by atoms with Gasteiger partial charge < -0.3 is 5.32 Å². The summed E-state index contributed by atoms with van der Waals surface area (Å²) in [5.41, 5.74) is 6.05. The van der Waals surface area contributed by atoms with E-state index in [9.17, 15) is 4.79 Å². The minimum atomic E-state index is -0.0802. The van der Waals surface area contributed by atoms with E-state index in [-0.39, 0.29) is 5.91 Å². The minimum Gasteiger partial charge on any atom is -0.331 e. The van der Waals surface area contributed by atoms with E-state index in [0.29, 0.717) is 17.5 Å². The molecule has 1 aromatic rings. The molecule has 98 valence electrons. The summed E-state index contributed by atoms with van der Waals surface area (Å²) in [6.07, 6.45) is 0.465. The van der Waals surface area contributed by atoms with Gasteiger partial charge in [-0.15, -0.1) is 0 Å². The van der Waals surface area contributed by atoms with Crippen molar-refractivity contribution in [2.24, 2.45) is 5.92 Å². The van der Waals surface area contributed by atoms with Crippen molar-refractivity contribution >= 4 is 44.9 Å². The van der Waals surface area contributed by atoms with Crippen molar-refractivity contribution in [1.29, 1.82) is 0 Å². The molecule has 3 N–H and O–H groups in total. The number of nitrogens with one attached hydrogen (secondary N) is 3. The fourth-order valence-corrected chi connectivity index (χ4v) is 1.84. The van der Waals surface area contributed by atoms with E-state index in [1.807, 2.05) is 38.1 Å². The Kier molecular flexibility index (Phi) is 6.07. The highest BCUT2D eigenvalue weighted by atomic mass is 79.9. The molecule has 0 atom stereocenters. The van der Waals surface area contributed by atoms with E-state index in [1.165, 1.54) is 0 Å². The van der Waals surface area contributed by atoms with Gasteiger partial charge in [0.15, 0.2) is 5.11 Å². The fraction of sp³-hybridized carbons (Fsp3) is 0.333. The van der Waals surface area contributed by atoms with Crippen LogP contribution in [0.2, 0.25) is 0 Å². The van der Waals surface area contributed by atoms with Gasteiger partial charge >= 0.3 is 0 Å². The summed E-state index contributed by atoms with van der Waals surface area (Å²) < 4.78 is 0.958. The second-order valence-corrected chi connectivity index (χ2v) is 5.56. The fourth-order valence-electron chi connectivity index (χ4n) is 1.28. The molecule has 0 saturated carbocycles. The van der Waals surface area contributed by atoms with Crippen molar-refractivity contribution in [2.75, 3.05) is 5.32 Å². The van der Waals surface area contributed by atoms with Gasteiger partial charge in [0, 0.05) is 16.6 Å². The number of carbonyl (C=O) groups is 1. The van der Waals surface area contributed by atoms with Gasteiger partial charge in [-0.1, -0.05) is 35.8 Å². The third-order valence-electron chi connectivity index (χ3n) is 1.99. The van der Waals surface area contributed by atoms with Crippen LogP contribution in [0.5, 0.6) is 0 Å². The van der Waals surface area contributed by atoms with Crippen LogP contribution in [0.25, 0.3) is 0 Å². The van der Waals surface area contributed by atoms with E-state index < -0.39 is 0 Å². The number of hydrogen-bond donors (Lipinski definition) is 3. The van der Waals surface area contributed by atoms with Crippen molar-refractivity contribution in [3.63, 3.8) is 0 Å². The molecule has 0 unspecified atom stereocenters. The SMILES string of the molecule is CC(C)CC(=O)NNC(=S)Nc1cccc(Br)c1. The van der Waals surface area contributed by atoms with Crippen LogP contribution in [0.1, 0.15) is 20.3 Å². The zero-order chi connectivity index (χ0) is 13.5. The number of anilines is 1. The van der Waals surface area contributed by atoms with Gasteiger partial charge in [0.05, 0.1) is 0 Å². The highest BCUT2D eigenvalue weighted by Gasteiger charge is 2.04. The number of amides is 1. The Morgan fingerprint density at radius 1 is 1.39 bits per heavy atom. The first-order valence-electron chi connectivity index (χ1n) is 5.59. The summed E-state index contributed by atoms with van der Waals surface area (Å²) in [6.45, 7) is 3.97. The molecule has 0 bridgehead atoms. The lowest BCUT2D eigenvalue weighted by Gasteiger charge is -2.12. The number of halogens is 1. The number of rotatable bonds is 3. The van der Waals surface area contributed by atoms with Crippen molar-refractivity contribution in [2.45, 2.75) is 20.3 Å². The molecule has 4 nitrogen and oxygen atoms in total. The second kappa shape index (κ2) is 7.33. The molecule has 0 aliphatic heterocycles. The third-order valence-corrected chi connectivity index (χ3v) is 2.69. The van der Waals surface area contributed by atoms with Gasteiger partial charge in [0.25, 0.3) is 0 Å². The first-order chi connectivity index (χ1) is 8.47. The monoisotopic (exact) mass is 329 g/mol. The van der Waals surface area contributed by atoms with Crippen LogP contribution < -0.4 is 16.2 Å². The van der Waals surface area contributed by atoms with Crippen LogP contribution in [0.4, 0.5) is 5.69 Å². The summed E-state index contributed by atoms with van der Waals surface area (Å²) >= 11 is 8.43. The average Bonchev–Trinajstić information content (AvgIpc) is 2.25. The minimum absolute atomic E-state index is 0.0802. The number of hydrogen-bond acceptors (Lipinski definition) is 2. The van der Waals surface area contributed by atoms with E-state index in [1.54, 1.807) is 0 Å². The number of thiocarbonyl (C=S) groups is 1. The Hall–Kier alpha value is -1.14. The lowest BCUT2D eigenvalue weighted by atomic mass is 10.1. The van der Waals surface area contributed by atoms with Gasteiger partial charge in [-0.2, -0.15) is 0 Å². The van der Waals surface area contributed by atoms with Crippen LogP contribution in [0, 0.1) is 5.92 Å². The van der Waals surface area contributed by atoms with E-state index in [4.69, 9.17) is 12.2 Å². The van der Waals surface area contributed by atoms with E-state index in [2.05, 4.69) is 32.1 Å². The normalized spacial score (nSPS) is 10.0. The predicted molar refractivity (Wildman–Crippen MR) is 81.1 cm³/mol. The smallest absolute Gasteiger partial charge is 0.238 e. The molecule has 0 heterocycles. The molecule has 0 radical (unpaired) electrons. The topological polar surface area (TPSA) is 53.2 Å². The maximum Gasteiger partial charge on any atom is 0.238 e. The van der Waals surface area contributed by atoms with Crippen molar-refractivity contribution < 1.29 is 4.79 Å². The molecule has 0 spiro atoms. The molecule has 1 amide bonds. The zero-order valence-electron chi connectivity index (χ0n) is 10.3. The molecule has 0 fully saturated rings. The molecule has 0 aromatic heterocycles. The summed E-state index contributed by atoms with van der Waals surface area (Å²) in [5.74, 6) is 0.238. The lowest BCUT2D eigenvalue weighted by molar-refractivity contribution is -0.122. The van der Waals surface area contributed by atoms with Crippen LogP contribution in [0.15, 0.2) is 28.7 Å². The molecular weight excluding hydrogens is 314 g/mol. The van der Waals surface area contributed by atoms with Crippen molar-refractivity contribution in [3.05, 3.63) is 28.7 Å². The largest absolute Gasteiger partial charge is 0.331 e. The van der Waals surface area contributed by atoms with Crippen LogP contribution >= 0.6 is 28.1 Å². The molecule has 18 heavy (non-hydrogen) atoms. The Morgan fingerprint density at radius 2 is 2.11 bits per heavy atom. The Morgan fingerprint density at radius 3 is 2.72 bits per heavy atom. The summed E-state index contributed by atoms with van der Waals surface area (Å²) in [5, 5.41) is 3.32. The van der Waals surface area contributed by atoms with E-state index in [0.717, 1.165) is 10.2 Å². The molecule has 0 aliphatic carbocycles. The molecule has 0 saturated heterocycles. The molecule has 0 aliphatic rings. The third kappa shape index (κ3) is 5.97. The zero-order valence-corrected chi connectivity index (χ0v) is 12.7. The standard InChI is InChI=1S/C12H16BrN3OS/c1-8(2)6-11(17)15-16-12(18)14-10-5-3-4-9(13)7-10/h3-5,7-8H,6H2,1-2H3,(H,15,17)(H2,14,16,18). The first-order valence-corrected chi connectivity index (χ1v) is 6.79. The summed E-state index contributed by atoms with van der Waals surface area (Å²) in [7, 11) is 0. The number of carbonyl (C=O) groups excluding carboxylic acids is 1. The van der Waals surface area contributed by atoms with E-state index >= 15 is 0 Å². The molecule has 1 aromatic carbocycles. The number of benzene rings is 1. The summed E-state index contributed by atoms with van der Waals surface area (Å²) in [4.78, 5) is 11.4.